The first-order valence-corrected chi connectivity index (χ1v) is 6.57. The van der Waals surface area contributed by atoms with Crippen molar-refractivity contribution in [3.05, 3.63) is 76.2 Å². The lowest BCUT2D eigenvalue weighted by Crippen LogP contribution is -2.16. The van der Waals surface area contributed by atoms with Crippen LogP contribution in [0.15, 0.2) is 59.2 Å². The van der Waals surface area contributed by atoms with Gasteiger partial charge in [0.05, 0.1) is 6.26 Å². The van der Waals surface area contributed by atoms with E-state index in [1.54, 1.807) is 24.3 Å². The van der Waals surface area contributed by atoms with E-state index in [2.05, 4.69) is 0 Å². The van der Waals surface area contributed by atoms with E-state index in [1.165, 1.54) is 6.26 Å². The number of carbonyl (C=O) groups excluding carboxylic acids is 1. The Morgan fingerprint density at radius 3 is 2.62 bits per heavy atom. The molecule has 1 heterocycles. The summed E-state index contributed by atoms with van der Waals surface area (Å²) in [4.78, 5) is 22.3. The van der Waals surface area contributed by atoms with Gasteiger partial charge in [0.1, 0.15) is 0 Å². The number of nitrogens with zero attached hydrogens (tertiary/aromatic N) is 1. The van der Waals surface area contributed by atoms with Crippen LogP contribution in [0.5, 0.6) is 0 Å². The van der Waals surface area contributed by atoms with Crippen molar-refractivity contribution in [1.29, 1.82) is 0 Å². The first-order valence-electron chi connectivity index (χ1n) is 6.57. The smallest absolute Gasteiger partial charge is 0.210 e. The molecule has 21 heavy (non-hydrogen) atoms. The Labute approximate surface area is 122 Å². The molecule has 0 aliphatic heterocycles. The minimum Gasteiger partial charge on any atom is -0.461 e. The van der Waals surface area contributed by atoms with Crippen molar-refractivity contribution in [3.8, 4) is 0 Å². The van der Waals surface area contributed by atoms with E-state index in [1.807, 2.05) is 30.3 Å². The van der Waals surface area contributed by atoms with Crippen LogP contribution in [0.2, 0.25) is 0 Å². The van der Waals surface area contributed by atoms with Gasteiger partial charge in [-0.25, -0.2) is 0 Å². The summed E-state index contributed by atoms with van der Waals surface area (Å²) in [6.45, 7) is -0.282. The van der Waals surface area contributed by atoms with Gasteiger partial charge < -0.3 is 4.42 Å². The highest BCUT2D eigenvalue weighted by molar-refractivity contribution is 5.93. The summed E-state index contributed by atoms with van der Waals surface area (Å²) in [6, 6.07) is 12.6. The van der Waals surface area contributed by atoms with Gasteiger partial charge in [-0.3, -0.25) is 14.9 Å². The molecule has 0 unspecified atom stereocenters. The predicted molar refractivity (Wildman–Crippen MR) is 78.5 cm³/mol. The van der Waals surface area contributed by atoms with Crippen molar-refractivity contribution in [2.45, 2.75) is 6.42 Å². The lowest BCUT2D eigenvalue weighted by Gasteiger charge is -2.06. The summed E-state index contributed by atoms with van der Waals surface area (Å²) in [6.07, 6.45) is 4.97. The molecule has 0 amide bonds. The van der Waals surface area contributed by atoms with Gasteiger partial charge in [0.15, 0.2) is 11.5 Å². The lowest BCUT2D eigenvalue weighted by atomic mass is 10.00. The molecule has 1 atom stereocenters. The molecule has 5 heteroatoms. The maximum atomic E-state index is 12.0. The molecule has 0 aliphatic rings. The minimum absolute atomic E-state index is 0.0534. The van der Waals surface area contributed by atoms with Crippen LogP contribution in [-0.4, -0.2) is 17.3 Å². The summed E-state index contributed by atoms with van der Waals surface area (Å²) in [5.41, 5.74) is 0.941. The molecule has 0 aliphatic carbocycles. The van der Waals surface area contributed by atoms with Crippen molar-refractivity contribution < 1.29 is 14.1 Å². The maximum Gasteiger partial charge on any atom is 0.210 e. The largest absolute Gasteiger partial charge is 0.461 e. The minimum atomic E-state index is -0.460. The molecule has 0 saturated heterocycles. The molecule has 0 radical (unpaired) electrons. The Morgan fingerprint density at radius 1 is 1.24 bits per heavy atom. The van der Waals surface area contributed by atoms with Crippen LogP contribution in [0.1, 0.15) is 22.5 Å². The third-order valence-electron chi connectivity index (χ3n) is 2.99. The van der Waals surface area contributed by atoms with Crippen LogP contribution in [-0.2, 0) is 0 Å². The monoisotopic (exact) mass is 285 g/mol. The zero-order valence-electron chi connectivity index (χ0n) is 11.3. The fourth-order valence-corrected chi connectivity index (χ4v) is 1.97. The molecule has 0 fully saturated rings. The van der Waals surface area contributed by atoms with Crippen LogP contribution in [0.3, 0.4) is 0 Å². The molecule has 2 rings (SSSR count). The third kappa shape index (κ3) is 4.72. The molecule has 5 nitrogen and oxygen atoms in total. The molecule has 0 N–H and O–H groups in total. The SMILES string of the molecule is O=C(C[C@@H](/C=C/c1ccccc1)C[N+](=O)[O-])c1ccco1. The summed E-state index contributed by atoms with van der Waals surface area (Å²) in [5.74, 6) is -0.459. The highest BCUT2D eigenvalue weighted by atomic mass is 16.6. The van der Waals surface area contributed by atoms with E-state index in [-0.39, 0.29) is 24.5 Å². The number of rotatable bonds is 7. The van der Waals surface area contributed by atoms with Gasteiger partial charge in [0.2, 0.25) is 6.54 Å². The number of ketones is 1. The Kier molecular flexibility index (Phi) is 5.04. The van der Waals surface area contributed by atoms with Crippen molar-refractivity contribution >= 4 is 11.9 Å². The molecule has 1 aromatic carbocycles. The van der Waals surface area contributed by atoms with Crippen LogP contribution in [0.25, 0.3) is 6.08 Å². The average Bonchev–Trinajstić information content (AvgIpc) is 2.99. The van der Waals surface area contributed by atoms with Gasteiger partial charge >= 0.3 is 0 Å². The molecular weight excluding hydrogens is 270 g/mol. The molecule has 2 aromatic rings. The van der Waals surface area contributed by atoms with Crippen molar-refractivity contribution in [2.24, 2.45) is 5.92 Å². The number of Topliss-reactive ketones (excluding diaryl/α,β-unsaturated/α-hetero) is 1. The second-order valence-electron chi connectivity index (χ2n) is 4.65. The zero-order chi connectivity index (χ0) is 15.1. The molecule has 108 valence electrons. The number of furan rings is 1. The molecule has 1 aromatic heterocycles. The van der Waals surface area contributed by atoms with Crippen LogP contribution >= 0.6 is 0 Å². The second kappa shape index (κ2) is 7.19. The van der Waals surface area contributed by atoms with Gasteiger partial charge in [0, 0.05) is 17.3 Å². The van der Waals surface area contributed by atoms with E-state index in [9.17, 15) is 14.9 Å². The highest BCUT2D eigenvalue weighted by Gasteiger charge is 2.19. The normalized spacial score (nSPS) is 12.4. The molecule has 0 bridgehead atoms. The van der Waals surface area contributed by atoms with E-state index >= 15 is 0 Å². The Morgan fingerprint density at radius 2 is 2.00 bits per heavy atom. The lowest BCUT2D eigenvalue weighted by molar-refractivity contribution is -0.485. The molecular formula is C16H15NO4. The number of hydrogen-bond donors (Lipinski definition) is 0. The fraction of sp³-hybridized carbons (Fsp3) is 0.188. The summed E-state index contributed by atoms with van der Waals surface area (Å²) >= 11 is 0. The zero-order valence-corrected chi connectivity index (χ0v) is 11.3. The number of benzene rings is 1. The standard InChI is InChI=1S/C16H15NO4/c18-15(16-7-4-10-21-16)11-14(12-17(19)20)9-8-13-5-2-1-3-6-13/h1-10,14H,11-12H2/b9-8+/t14-/m1/s1. The van der Waals surface area contributed by atoms with Gasteiger partial charge in [-0.15, -0.1) is 0 Å². The van der Waals surface area contributed by atoms with Gasteiger partial charge in [0.25, 0.3) is 0 Å². The number of nitro groups is 1. The Bertz CT molecular complexity index is 617. The quantitative estimate of drug-likeness (QED) is 0.443. The number of carbonyl (C=O) groups is 1. The van der Waals surface area contributed by atoms with E-state index in [0.717, 1.165) is 5.56 Å². The third-order valence-corrected chi connectivity index (χ3v) is 2.99. The predicted octanol–water partition coefficient (Wildman–Crippen LogP) is 3.46. The number of hydrogen-bond acceptors (Lipinski definition) is 4. The van der Waals surface area contributed by atoms with Crippen LogP contribution in [0.4, 0.5) is 0 Å². The summed E-state index contributed by atoms with van der Waals surface area (Å²) in [5, 5.41) is 10.7. The van der Waals surface area contributed by atoms with Crippen molar-refractivity contribution in [2.75, 3.05) is 6.54 Å². The fourth-order valence-electron chi connectivity index (χ4n) is 1.97. The Balaban J connectivity index is 2.06. The summed E-state index contributed by atoms with van der Waals surface area (Å²) < 4.78 is 5.02. The van der Waals surface area contributed by atoms with E-state index in [4.69, 9.17) is 4.42 Å². The first kappa shape index (κ1) is 14.7. The van der Waals surface area contributed by atoms with Crippen molar-refractivity contribution in [1.82, 2.24) is 0 Å². The van der Waals surface area contributed by atoms with E-state index in [0.29, 0.717) is 0 Å². The maximum absolute atomic E-state index is 12.0. The molecule has 0 spiro atoms. The highest BCUT2D eigenvalue weighted by Crippen LogP contribution is 2.14. The second-order valence-corrected chi connectivity index (χ2v) is 4.65. The van der Waals surface area contributed by atoms with Gasteiger partial charge in [-0.05, 0) is 17.7 Å². The molecule has 0 saturated carbocycles. The van der Waals surface area contributed by atoms with Gasteiger partial charge in [-0.1, -0.05) is 42.5 Å². The van der Waals surface area contributed by atoms with Crippen LogP contribution in [0, 0.1) is 16.0 Å². The Hall–Kier alpha value is -2.69. The van der Waals surface area contributed by atoms with Crippen molar-refractivity contribution in [3.63, 3.8) is 0 Å². The first-order chi connectivity index (χ1) is 10.1. The van der Waals surface area contributed by atoms with E-state index < -0.39 is 10.8 Å². The van der Waals surface area contributed by atoms with Gasteiger partial charge in [-0.2, -0.15) is 0 Å². The average molecular weight is 285 g/mol. The topological polar surface area (TPSA) is 73.3 Å². The van der Waals surface area contributed by atoms with Crippen LogP contribution < -0.4 is 0 Å². The summed E-state index contributed by atoms with van der Waals surface area (Å²) in [7, 11) is 0.